The topological polar surface area (TPSA) is 26.0 Å². The minimum absolute atomic E-state index is 0.124. The fourth-order valence-corrected chi connectivity index (χ4v) is 4.90. The van der Waals surface area contributed by atoms with E-state index in [9.17, 15) is 0 Å². The van der Waals surface area contributed by atoms with Gasteiger partial charge in [0.05, 0.1) is 9.59 Å². The second-order valence-electron chi connectivity index (χ2n) is 4.21. The van der Waals surface area contributed by atoms with Crippen LogP contribution in [-0.4, -0.2) is 6.04 Å². The Morgan fingerprint density at radius 3 is 2.74 bits per heavy atom. The van der Waals surface area contributed by atoms with Crippen LogP contribution in [-0.2, 0) is 0 Å². The lowest BCUT2D eigenvalue weighted by Gasteiger charge is -2.21. The SMILES string of the molecule is CCC(N)C(Sc1cccc(Br)c1)c1ccc(Cl)s1. The van der Waals surface area contributed by atoms with E-state index in [1.165, 1.54) is 9.77 Å². The van der Waals surface area contributed by atoms with Gasteiger partial charge in [-0.1, -0.05) is 40.5 Å². The monoisotopic (exact) mass is 375 g/mol. The van der Waals surface area contributed by atoms with Crippen molar-refractivity contribution in [1.82, 2.24) is 0 Å². The molecule has 1 heterocycles. The van der Waals surface area contributed by atoms with Crippen molar-refractivity contribution < 1.29 is 0 Å². The molecule has 0 radical (unpaired) electrons. The quantitative estimate of drug-likeness (QED) is 0.674. The van der Waals surface area contributed by atoms with Crippen LogP contribution in [0.5, 0.6) is 0 Å². The van der Waals surface area contributed by atoms with Gasteiger partial charge in [0.2, 0.25) is 0 Å². The summed E-state index contributed by atoms with van der Waals surface area (Å²) in [5.74, 6) is 0. The zero-order valence-corrected chi connectivity index (χ0v) is 14.5. The minimum Gasteiger partial charge on any atom is -0.326 e. The Balaban J connectivity index is 2.24. The second-order valence-corrected chi connectivity index (χ2v) is 8.09. The molecule has 0 spiro atoms. The molecule has 5 heteroatoms. The van der Waals surface area contributed by atoms with Crippen LogP contribution in [0.4, 0.5) is 0 Å². The highest BCUT2D eigenvalue weighted by Gasteiger charge is 2.21. The predicted octanol–water partition coefficient (Wildman–Crippen LogP) is 5.73. The first kappa shape index (κ1) is 15.4. The van der Waals surface area contributed by atoms with E-state index in [0.29, 0.717) is 0 Å². The van der Waals surface area contributed by atoms with Gasteiger partial charge in [-0.25, -0.2) is 0 Å². The Labute approximate surface area is 135 Å². The third-order valence-electron chi connectivity index (χ3n) is 2.79. The van der Waals surface area contributed by atoms with E-state index in [1.807, 2.05) is 18.2 Å². The summed E-state index contributed by atoms with van der Waals surface area (Å²) >= 11 is 13.0. The van der Waals surface area contributed by atoms with Crippen molar-refractivity contribution in [1.29, 1.82) is 0 Å². The Bertz CT molecular complexity index is 544. The summed E-state index contributed by atoms with van der Waals surface area (Å²) in [4.78, 5) is 2.46. The van der Waals surface area contributed by atoms with E-state index in [2.05, 4.69) is 41.1 Å². The maximum absolute atomic E-state index is 6.28. The fourth-order valence-electron chi connectivity index (χ4n) is 1.74. The largest absolute Gasteiger partial charge is 0.326 e. The molecule has 0 saturated carbocycles. The highest BCUT2D eigenvalue weighted by Crippen LogP contribution is 2.42. The van der Waals surface area contributed by atoms with Crippen LogP contribution in [0.25, 0.3) is 0 Å². The van der Waals surface area contributed by atoms with Gasteiger partial charge in [0.25, 0.3) is 0 Å². The molecule has 0 amide bonds. The van der Waals surface area contributed by atoms with E-state index < -0.39 is 0 Å². The molecule has 0 saturated heterocycles. The molecule has 2 rings (SSSR count). The maximum Gasteiger partial charge on any atom is 0.0931 e. The number of thioether (sulfide) groups is 1. The predicted molar refractivity (Wildman–Crippen MR) is 90.3 cm³/mol. The zero-order valence-electron chi connectivity index (χ0n) is 10.5. The molecule has 0 aliphatic rings. The van der Waals surface area contributed by atoms with Crippen LogP contribution in [0.2, 0.25) is 4.34 Å². The highest BCUT2D eigenvalue weighted by atomic mass is 79.9. The van der Waals surface area contributed by atoms with Gasteiger partial charge in [-0.2, -0.15) is 0 Å². The highest BCUT2D eigenvalue weighted by molar-refractivity contribution is 9.10. The normalized spacial score (nSPS) is 14.3. The lowest BCUT2D eigenvalue weighted by Crippen LogP contribution is -2.25. The molecule has 0 bridgehead atoms. The third kappa shape index (κ3) is 4.23. The number of hydrogen-bond donors (Lipinski definition) is 1. The van der Waals surface area contributed by atoms with Crippen molar-refractivity contribution in [3.63, 3.8) is 0 Å². The molecule has 1 aromatic carbocycles. The molecule has 0 aliphatic carbocycles. The van der Waals surface area contributed by atoms with Gasteiger partial charge < -0.3 is 5.73 Å². The summed E-state index contributed by atoms with van der Waals surface area (Å²) < 4.78 is 1.91. The number of halogens is 2. The fraction of sp³-hybridized carbons (Fsp3) is 0.286. The van der Waals surface area contributed by atoms with E-state index in [4.69, 9.17) is 17.3 Å². The van der Waals surface area contributed by atoms with Crippen molar-refractivity contribution in [2.24, 2.45) is 5.73 Å². The Morgan fingerprint density at radius 2 is 2.16 bits per heavy atom. The number of benzene rings is 1. The van der Waals surface area contributed by atoms with Crippen LogP contribution in [0.1, 0.15) is 23.5 Å². The van der Waals surface area contributed by atoms with Crippen LogP contribution < -0.4 is 5.73 Å². The van der Waals surface area contributed by atoms with Crippen LogP contribution in [0, 0.1) is 0 Å². The number of nitrogens with two attached hydrogens (primary N) is 1. The molecule has 19 heavy (non-hydrogen) atoms. The van der Waals surface area contributed by atoms with Gasteiger partial charge in [0.1, 0.15) is 0 Å². The van der Waals surface area contributed by atoms with Crippen molar-refractivity contribution in [2.45, 2.75) is 29.5 Å². The smallest absolute Gasteiger partial charge is 0.0931 e. The first-order valence-corrected chi connectivity index (χ1v) is 8.90. The molecule has 1 nitrogen and oxygen atoms in total. The van der Waals surface area contributed by atoms with E-state index >= 15 is 0 Å². The first-order valence-electron chi connectivity index (χ1n) is 6.03. The molecule has 2 unspecified atom stereocenters. The molecular weight excluding hydrogens is 362 g/mol. The van der Waals surface area contributed by atoms with E-state index in [0.717, 1.165) is 15.2 Å². The molecule has 102 valence electrons. The summed E-state index contributed by atoms with van der Waals surface area (Å²) in [6.45, 7) is 2.12. The molecule has 2 N–H and O–H groups in total. The molecule has 2 atom stereocenters. The van der Waals surface area contributed by atoms with Gasteiger partial charge in [-0.05, 0) is 36.8 Å². The standard InChI is InChI=1S/C14H15BrClNS2/c1-2-11(17)14(12-6-7-13(16)19-12)18-10-5-3-4-9(15)8-10/h3-8,11,14H,2,17H2,1H3. The summed E-state index contributed by atoms with van der Waals surface area (Å²) in [5, 5.41) is 0.247. The van der Waals surface area contributed by atoms with Crippen LogP contribution in [0.3, 0.4) is 0 Å². The maximum atomic E-state index is 6.28. The second kappa shape index (κ2) is 7.14. The number of thiophene rings is 1. The molecule has 1 aromatic heterocycles. The van der Waals surface area contributed by atoms with Gasteiger partial charge in [0.15, 0.2) is 0 Å². The van der Waals surface area contributed by atoms with Crippen molar-refractivity contribution in [2.75, 3.05) is 0 Å². The lowest BCUT2D eigenvalue weighted by atomic mass is 10.1. The first-order chi connectivity index (χ1) is 9.10. The summed E-state index contributed by atoms with van der Waals surface area (Å²) in [7, 11) is 0. The number of hydrogen-bond acceptors (Lipinski definition) is 3. The molecule has 0 aliphatic heterocycles. The summed E-state index contributed by atoms with van der Waals surface area (Å²) in [6, 6.07) is 12.5. The Morgan fingerprint density at radius 1 is 1.37 bits per heavy atom. The molecule has 0 fully saturated rings. The van der Waals surface area contributed by atoms with Crippen molar-refractivity contribution in [3.8, 4) is 0 Å². The number of rotatable bonds is 5. The average molecular weight is 377 g/mol. The molecular formula is C14H15BrClNS2. The lowest BCUT2D eigenvalue weighted by molar-refractivity contribution is 0.640. The van der Waals surface area contributed by atoms with Crippen LogP contribution >= 0.6 is 50.6 Å². The Hall–Kier alpha value is -0.0000000000000000278. The minimum atomic E-state index is 0.124. The Kier molecular flexibility index (Phi) is 5.78. The summed E-state index contributed by atoms with van der Waals surface area (Å²) in [5.41, 5.74) is 6.28. The van der Waals surface area contributed by atoms with E-state index in [1.54, 1.807) is 23.1 Å². The van der Waals surface area contributed by atoms with Crippen molar-refractivity contribution >= 4 is 50.6 Å². The summed E-state index contributed by atoms with van der Waals surface area (Å²) in [6.07, 6.45) is 0.946. The molecule has 2 aromatic rings. The van der Waals surface area contributed by atoms with Crippen LogP contribution in [0.15, 0.2) is 45.8 Å². The zero-order chi connectivity index (χ0) is 13.8. The average Bonchev–Trinajstić information content (AvgIpc) is 2.81. The third-order valence-corrected chi connectivity index (χ3v) is 6.13. The van der Waals surface area contributed by atoms with Gasteiger partial charge in [0, 0.05) is 20.3 Å². The van der Waals surface area contributed by atoms with Gasteiger partial charge >= 0.3 is 0 Å². The van der Waals surface area contributed by atoms with Crippen molar-refractivity contribution in [3.05, 3.63) is 50.1 Å². The van der Waals surface area contributed by atoms with E-state index in [-0.39, 0.29) is 11.3 Å². The van der Waals surface area contributed by atoms with Gasteiger partial charge in [-0.15, -0.1) is 23.1 Å². The van der Waals surface area contributed by atoms with Gasteiger partial charge in [-0.3, -0.25) is 0 Å².